The standard InChI is InChI=1S/C19H20N2O3/c1-13-7-3-4-8-14(13)12-21(2)18(22)11-17-19(23)20-15-9-5-6-10-16(15)24-17/h3-10,17H,11-12H2,1-2H3,(H,20,23)/t17-/m0/s1. The first-order valence-electron chi connectivity index (χ1n) is 7.89. The van der Waals surface area contributed by atoms with Gasteiger partial charge in [0, 0.05) is 13.6 Å². The molecule has 0 radical (unpaired) electrons. The van der Waals surface area contributed by atoms with Gasteiger partial charge in [-0.2, -0.15) is 0 Å². The highest BCUT2D eigenvalue weighted by atomic mass is 16.5. The lowest BCUT2D eigenvalue weighted by molar-refractivity contribution is -0.136. The van der Waals surface area contributed by atoms with E-state index in [0.29, 0.717) is 18.0 Å². The minimum absolute atomic E-state index is 0.0164. The molecule has 24 heavy (non-hydrogen) atoms. The number of ether oxygens (including phenoxy) is 1. The van der Waals surface area contributed by atoms with E-state index in [1.165, 1.54) is 0 Å². The van der Waals surface area contributed by atoms with Crippen molar-refractivity contribution in [3.8, 4) is 5.75 Å². The Morgan fingerprint density at radius 1 is 1.17 bits per heavy atom. The highest BCUT2D eigenvalue weighted by molar-refractivity contribution is 5.99. The van der Waals surface area contributed by atoms with Crippen LogP contribution in [-0.4, -0.2) is 29.9 Å². The Hall–Kier alpha value is -2.82. The Kier molecular flexibility index (Phi) is 4.51. The summed E-state index contributed by atoms with van der Waals surface area (Å²) < 4.78 is 5.68. The Morgan fingerprint density at radius 2 is 1.88 bits per heavy atom. The van der Waals surface area contributed by atoms with Gasteiger partial charge in [0.15, 0.2) is 6.10 Å². The van der Waals surface area contributed by atoms with E-state index in [4.69, 9.17) is 4.74 Å². The monoisotopic (exact) mass is 324 g/mol. The third-order valence-electron chi connectivity index (χ3n) is 4.16. The molecule has 0 spiro atoms. The second-order valence-corrected chi connectivity index (χ2v) is 5.97. The summed E-state index contributed by atoms with van der Waals surface area (Å²) in [4.78, 5) is 26.2. The van der Waals surface area contributed by atoms with Crippen LogP contribution >= 0.6 is 0 Å². The third kappa shape index (κ3) is 3.40. The van der Waals surface area contributed by atoms with Gasteiger partial charge in [-0.15, -0.1) is 0 Å². The van der Waals surface area contributed by atoms with Gasteiger partial charge >= 0.3 is 0 Å². The first-order valence-corrected chi connectivity index (χ1v) is 7.89. The van der Waals surface area contributed by atoms with E-state index in [1.807, 2.05) is 43.3 Å². The topological polar surface area (TPSA) is 58.6 Å². The normalized spacial score (nSPS) is 15.9. The van der Waals surface area contributed by atoms with Crippen LogP contribution in [0.4, 0.5) is 5.69 Å². The number of hydrogen-bond donors (Lipinski definition) is 1. The predicted molar refractivity (Wildman–Crippen MR) is 91.8 cm³/mol. The summed E-state index contributed by atoms with van der Waals surface area (Å²) in [6, 6.07) is 15.2. The quantitative estimate of drug-likeness (QED) is 0.941. The van der Waals surface area contributed by atoms with Crippen molar-refractivity contribution in [1.82, 2.24) is 4.90 Å². The van der Waals surface area contributed by atoms with Crippen molar-refractivity contribution in [3.05, 3.63) is 59.7 Å². The number of benzene rings is 2. The number of nitrogens with one attached hydrogen (secondary N) is 1. The van der Waals surface area contributed by atoms with Crippen LogP contribution in [0.15, 0.2) is 48.5 Å². The molecule has 0 bridgehead atoms. The zero-order valence-electron chi connectivity index (χ0n) is 13.8. The Morgan fingerprint density at radius 3 is 2.67 bits per heavy atom. The molecule has 1 N–H and O–H groups in total. The van der Waals surface area contributed by atoms with Crippen LogP contribution in [0.5, 0.6) is 5.75 Å². The number of carbonyl (C=O) groups excluding carboxylic acids is 2. The number of fused-ring (bicyclic) bond motifs is 1. The van der Waals surface area contributed by atoms with E-state index >= 15 is 0 Å². The molecule has 5 nitrogen and oxygen atoms in total. The van der Waals surface area contributed by atoms with Crippen molar-refractivity contribution in [2.45, 2.75) is 26.0 Å². The zero-order chi connectivity index (χ0) is 17.1. The number of aryl methyl sites for hydroxylation is 1. The molecule has 3 rings (SSSR count). The number of rotatable bonds is 4. The first-order chi connectivity index (χ1) is 11.5. The van der Waals surface area contributed by atoms with E-state index in [-0.39, 0.29) is 18.2 Å². The van der Waals surface area contributed by atoms with Crippen LogP contribution in [-0.2, 0) is 16.1 Å². The summed E-state index contributed by atoms with van der Waals surface area (Å²) >= 11 is 0. The number of carbonyl (C=O) groups is 2. The third-order valence-corrected chi connectivity index (χ3v) is 4.16. The van der Waals surface area contributed by atoms with Gasteiger partial charge in [0.2, 0.25) is 5.91 Å². The first kappa shape index (κ1) is 16.1. The van der Waals surface area contributed by atoms with E-state index in [0.717, 1.165) is 11.1 Å². The number of nitrogens with zero attached hydrogens (tertiary/aromatic N) is 1. The van der Waals surface area contributed by atoms with Crippen LogP contribution < -0.4 is 10.1 Å². The molecule has 1 aliphatic rings. The fourth-order valence-electron chi connectivity index (χ4n) is 2.67. The van der Waals surface area contributed by atoms with Crippen molar-refractivity contribution in [3.63, 3.8) is 0 Å². The van der Waals surface area contributed by atoms with Crippen molar-refractivity contribution in [2.75, 3.05) is 12.4 Å². The molecule has 124 valence electrons. The maximum atomic E-state index is 12.5. The van der Waals surface area contributed by atoms with Gasteiger partial charge in [0.1, 0.15) is 5.75 Å². The fourth-order valence-corrected chi connectivity index (χ4v) is 2.67. The molecule has 2 aromatic rings. The van der Waals surface area contributed by atoms with Crippen LogP contribution in [0, 0.1) is 6.92 Å². The smallest absolute Gasteiger partial charge is 0.266 e. The maximum absolute atomic E-state index is 12.5. The lowest BCUT2D eigenvalue weighted by Crippen LogP contribution is -2.41. The summed E-state index contributed by atoms with van der Waals surface area (Å²) in [7, 11) is 1.74. The van der Waals surface area contributed by atoms with Gasteiger partial charge in [-0.05, 0) is 30.2 Å². The zero-order valence-corrected chi connectivity index (χ0v) is 13.8. The molecule has 0 saturated heterocycles. The average molecular weight is 324 g/mol. The summed E-state index contributed by atoms with van der Waals surface area (Å²) in [5.74, 6) is 0.181. The summed E-state index contributed by atoms with van der Waals surface area (Å²) in [6.45, 7) is 2.53. The van der Waals surface area contributed by atoms with Crippen molar-refractivity contribution >= 4 is 17.5 Å². The SMILES string of the molecule is Cc1ccccc1CN(C)C(=O)C[C@@H]1Oc2ccccc2NC1=O. The molecule has 2 amide bonds. The summed E-state index contributed by atoms with van der Waals surface area (Å²) in [5.41, 5.74) is 2.87. The van der Waals surface area contributed by atoms with Crippen LogP contribution in [0.2, 0.25) is 0 Å². The number of hydrogen-bond acceptors (Lipinski definition) is 3. The van der Waals surface area contributed by atoms with E-state index in [9.17, 15) is 9.59 Å². The van der Waals surface area contributed by atoms with E-state index in [1.54, 1.807) is 24.1 Å². The van der Waals surface area contributed by atoms with Gasteiger partial charge in [-0.25, -0.2) is 0 Å². The Labute approximate surface area is 141 Å². The molecule has 1 heterocycles. The second kappa shape index (κ2) is 6.74. The average Bonchev–Trinajstić information content (AvgIpc) is 2.57. The van der Waals surface area contributed by atoms with Crippen LogP contribution in [0.1, 0.15) is 17.5 Å². The molecular weight excluding hydrogens is 304 g/mol. The minimum Gasteiger partial charge on any atom is -0.478 e. The van der Waals surface area contributed by atoms with Crippen molar-refractivity contribution in [2.24, 2.45) is 0 Å². The molecule has 5 heteroatoms. The molecule has 1 atom stereocenters. The minimum atomic E-state index is -0.799. The number of amides is 2. The van der Waals surface area contributed by atoms with Gasteiger partial charge in [0.05, 0.1) is 12.1 Å². The fraction of sp³-hybridized carbons (Fsp3) is 0.263. The molecule has 1 aliphatic heterocycles. The maximum Gasteiger partial charge on any atom is 0.266 e. The van der Waals surface area contributed by atoms with Gasteiger partial charge in [-0.1, -0.05) is 36.4 Å². The van der Waals surface area contributed by atoms with Crippen molar-refractivity contribution < 1.29 is 14.3 Å². The van der Waals surface area contributed by atoms with Gasteiger partial charge in [0.25, 0.3) is 5.91 Å². The highest BCUT2D eigenvalue weighted by Gasteiger charge is 2.30. The molecule has 2 aromatic carbocycles. The molecule has 0 unspecified atom stereocenters. The predicted octanol–water partition coefficient (Wildman–Crippen LogP) is 2.74. The molecule has 0 fully saturated rings. The number of para-hydroxylation sites is 2. The molecule has 0 aromatic heterocycles. The molecule has 0 aliphatic carbocycles. The van der Waals surface area contributed by atoms with Crippen molar-refractivity contribution in [1.29, 1.82) is 0 Å². The second-order valence-electron chi connectivity index (χ2n) is 5.97. The summed E-state index contributed by atoms with van der Waals surface area (Å²) in [6.07, 6.45) is -0.783. The molecular formula is C19H20N2O3. The largest absolute Gasteiger partial charge is 0.478 e. The Balaban J connectivity index is 1.64. The van der Waals surface area contributed by atoms with E-state index < -0.39 is 6.10 Å². The number of anilines is 1. The van der Waals surface area contributed by atoms with E-state index in [2.05, 4.69) is 5.32 Å². The highest BCUT2D eigenvalue weighted by Crippen LogP contribution is 2.29. The Bertz CT molecular complexity index is 773. The lowest BCUT2D eigenvalue weighted by atomic mass is 10.1. The lowest BCUT2D eigenvalue weighted by Gasteiger charge is -2.27. The van der Waals surface area contributed by atoms with Gasteiger partial charge in [-0.3, -0.25) is 9.59 Å². The molecule has 0 saturated carbocycles. The van der Waals surface area contributed by atoms with Crippen LogP contribution in [0.3, 0.4) is 0 Å². The van der Waals surface area contributed by atoms with Gasteiger partial charge < -0.3 is 15.0 Å². The summed E-state index contributed by atoms with van der Waals surface area (Å²) in [5, 5.41) is 2.78. The van der Waals surface area contributed by atoms with Crippen LogP contribution in [0.25, 0.3) is 0 Å².